The number of nitrogens with two attached hydrogens (primary N) is 1. The van der Waals surface area contributed by atoms with Gasteiger partial charge in [-0.05, 0) is 30.3 Å². The van der Waals surface area contributed by atoms with Crippen molar-refractivity contribution in [2.24, 2.45) is 10.1 Å². The van der Waals surface area contributed by atoms with Crippen molar-refractivity contribution >= 4 is 15.9 Å². The molecular weight excluding hydrogens is 264 g/mol. The third-order valence-electron chi connectivity index (χ3n) is 2.70. The molecule has 1 aliphatic heterocycles. The Hall–Kier alpha value is -2.34. The highest BCUT2D eigenvalue weighted by atomic mass is 32.2. The first-order chi connectivity index (χ1) is 9.06. The van der Waals surface area contributed by atoms with Crippen LogP contribution in [0.25, 0.3) is 0 Å². The predicted octanol–water partition coefficient (Wildman–Crippen LogP) is 1.89. The standard InChI is InChI=1S/C13H10N2O3S/c14-13-11-8-10(18-9-4-2-1-3-5-9)6-7-12(11)19(16,17)15-13/h1-8H,(H2,14,15). The molecular formula is C13H10N2O3S. The van der Waals surface area contributed by atoms with Crippen LogP contribution in [0.4, 0.5) is 0 Å². The van der Waals surface area contributed by atoms with Gasteiger partial charge in [-0.2, -0.15) is 8.42 Å². The summed E-state index contributed by atoms with van der Waals surface area (Å²) in [7, 11) is -3.64. The first kappa shape index (κ1) is 11.7. The molecule has 2 aromatic carbocycles. The second-order valence-electron chi connectivity index (χ2n) is 4.02. The Morgan fingerprint density at radius 1 is 1.00 bits per heavy atom. The molecule has 0 radical (unpaired) electrons. The molecule has 1 heterocycles. The molecule has 5 nitrogen and oxygen atoms in total. The van der Waals surface area contributed by atoms with Crippen molar-refractivity contribution in [2.75, 3.05) is 0 Å². The number of para-hydroxylation sites is 1. The van der Waals surface area contributed by atoms with Crippen LogP contribution in [0.2, 0.25) is 0 Å². The van der Waals surface area contributed by atoms with Crippen LogP contribution in [0, 0.1) is 0 Å². The predicted molar refractivity (Wildman–Crippen MR) is 70.9 cm³/mol. The number of sulfonamides is 1. The van der Waals surface area contributed by atoms with Gasteiger partial charge in [0.05, 0.1) is 0 Å². The second kappa shape index (κ2) is 4.10. The fourth-order valence-corrected chi connectivity index (χ4v) is 2.99. The summed E-state index contributed by atoms with van der Waals surface area (Å²) in [6.07, 6.45) is 0. The van der Waals surface area contributed by atoms with E-state index in [4.69, 9.17) is 10.5 Å². The van der Waals surface area contributed by atoms with Gasteiger partial charge in [0.1, 0.15) is 22.2 Å². The fourth-order valence-electron chi connectivity index (χ4n) is 1.85. The molecule has 0 unspecified atom stereocenters. The summed E-state index contributed by atoms with van der Waals surface area (Å²) >= 11 is 0. The summed E-state index contributed by atoms with van der Waals surface area (Å²) in [5.41, 5.74) is 5.98. The van der Waals surface area contributed by atoms with Crippen molar-refractivity contribution in [3.63, 3.8) is 0 Å². The molecule has 0 bridgehead atoms. The second-order valence-corrected chi connectivity index (χ2v) is 5.60. The topological polar surface area (TPSA) is 81.8 Å². The van der Waals surface area contributed by atoms with Gasteiger partial charge in [0.15, 0.2) is 0 Å². The summed E-state index contributed by atoms with van der Waals surface area (Å²) in [6.45, 7) is 0. The lowest BCUT2D eigenvalue weighted by Crippen LogP contribution is -2.10. The van der Waals surface area contributed by atoms with Crippen molar-refractivity contribution in [1.82, 2.24) is 0 Å². The van der Waals surface area contributed by atoms with Crippen LogP contribution in [-0.4, -0.2) is 14.3 Å². The minimum absolute atomic E-state index is 0.00601. The van der Waals surface area contributed by atoms with E-state index in [-0.39, 0.29) is 10.7 Å². The number of hydrogen-bond donors (Lipinski definition) is 1. The van der Waals surface area contributed by atoms with Crippen molar-refractivity contribution in [3.05, 3.63) is 54.1 Å². The smallest absolute Gasteiger partial charge is 0.285 e. The van der Waals surface area contributed by atoms with Gasteiger partial charge in [0.2, 0.25) is 0 Å². The Labute approximate surface area is 110 Å². The SMILES string of the molecule is NC1=NS(=O)(=O)c2ccc(Oc3ccccc3)cc21. The van der Waals surface area contributed by atoms with Gasteiger partial charge in [-0.1, -0.05) is 18.2 Å². The molecule has 1 aliphatic rings. The van der Waals surface area contributed by atoms with Crippen LogP contribution in [0.3, 0.4) is 0 Å². The Morgan fingerprint density at radius 3 is 2.47 bits per heavy atom. The van der Waals surface area contributed by atoms with Gasteiger partial charge in [-0.15, -0.1) is 4.40 Å². The van der Waals surface area contributed by atoms with Crippen molar-refractivity contribution in [2.45, 2.75) is 4.90 Å². The lowest BCUT2D eigenvalue weighted by Gasteiger charge is -2.06. The molecule has 96 valence electrons. The maximum absolute atomic E-state index is 11.6. The number of fused-ring (bicyclic) bond motifs is 1. The normalized spacial score (nSPS) is 15.7. The number of amidine groups is 1. The van der Waals surface area contributed by atoms with Crippen LogP contribution in [0.15, 0.2) is 57.8 Å². The summed E-state index contributed by atoms with van der Waals surface area (Å²) in [5.74, 6) is 1.17. The van der Waals surface area contributed by atoms with E-state index in [2.05, 4.69) is 4.40 Å². The first-order valence-corrected chi connectivity index (χ1v) is 6.98. The zero-order chi connectivity index (χ0) is 13.5. The number of nitrogens with zero attached hydrogens (tertiary/aromatic N) is 1. The number of benzene rings is 2. The quantitative estimate of drug-likeness (QED) is 0.906. The van der Waals surface area contributed by atoms with E-state index < -0.39 is 10.0 Å². The molecule has 2 N–H and O–H groups in total. The van der Waals surface area contributed by atoms with Crippen molar-refractivity contribution < 1.29 is 13.2 Å². The monoisotopic (exact) mass is 274 g/mol. The lowest BCUT2D eigenvalue weighted by atomic mass is 10.2. The number of ether oxygens (including phenoxy) is 1. The Bertz CT molecular complexity index is 768. The zero-order valence-corrected chi connectivity index (χ0v) is 10.6. The maximum Gasteiger partial charge on any atom is 0.285 e. The average Bonchev–Trinajstić information content (AvgIpc) is 2.61. The van der Waals surface area contributed by atoms with E-state index in [0.717, 1.165) is 0 Å². The molecule has 0 aliphatic carbocycles. The molecule has 19 heavy (non-hydrogen) atoms. The lowest BCUT2D eigenvalue weighted by molar-refractivity contribution is 0.482. The zero-order valence-electron chi connectivity index (χ0n) is 9.78. The highest BCUT2D eigenvalue weighted by Gasteiger charge is 2.27. The largest absolute Gasteiger partial charge is 0.457 e. The van der Waals surface area contributed by atoms with Gasteiger partial charge >= 0.3 is 0 Å². The van der Waals surface area contributed by atoms with Crippen LogP contribution >= 0.6 is 0 Å². The highest BCUT2D eigenvalue weighted by molar-refractivity contribution is 7.90. The van der Waals surface area contributed by atoms with E-state index in [9.17, 15) is 8.42 Å². The molecule has 0 amide bonds. The number of rotatable bonds is 2. The molecule has 0 saturated heterocycles. The summed E-state index contributed by atoms with van der Waals surface area (Å²) in [4.78, 5) is 0.116. The Morgan fingerprint density at radius 2 is 1.74 bits per heavy atom. The molecule has 6 heteroatoms. The molecule has 0 fully saturated rings. The van der Waals surface area contributed by atoms with E-state index in [1.807, 2.05) is 18.2 Å². The third-order valence-corrected chi connectivity index (χ3v) is 4.05. The summed E-state index contributed by atoms with van der Waals surface area (Å²) < 4.78 is 32.3. The molecule has 0 atom stereocenters. The maximum atomic E-state index is 11.6. The fraction of sp³-hybridized carbons (Fsp3) is 0. The summed E-state index contributed by atoms with van der Waals surface area (Å²) in [5, 5.41) is 0. The Kier molecular flexibility index (Phi) is 2.53. The molecule has 3 rings (SSSR count). The van der Waals surface area contributed by atoms with Crippen LogP contribution < -0.4 is 10.5 Å². The van der Waals surface area contributed by atoms with Crippen LogP contribution in [-0.2, 0) is 10.0 Å². The highest BCUT2D eigenvalue weighted by Crippen LogP contribution is 2.30. The molecule has 0 saturated carbocycles. The average molecular weight is 274 g/mol. The van der Waals surface area contributed by atoms with Gasteiger partial charge in [0, 0.05) is 5.56 Å². The first-order valence-electron chi connectivity index (χ1n) is 5.54. The van der Waals surface area contributed by atoms with Crippen LogP contribution in [0.1, 0.15) is 5.56 Å². The number of hydrogen-bond acceptors (Lipinski definition) is 4. The molecule has 0 spiro atoms. The Balaban J connectivity index is 2.00. The minimum atomic E-state index is -3.64. The third kappa shape index (κ3) is 2.06. The van der Waals surface area contributed by atoms with Gasteiger partial charge in [-0.3, -0.25) is 0 Å². The van der Waals surface area contributed by atoms with Crippen molar-refractivity contribution in [3.8, 4) is 11.5 Å². The van der Waals surface area contributed by atoms with Gasteiger partial charge in [0.25, 0.3) is 10.0 Å². The molecule has 2 aromatic rings. The van der Waals surface area contributed by atoms with E-state index in [1.54, 1.807) is 24.3 Å². The van der Waals surface area contributed by atoms with Crippen LogP contribution in [0.5, 0.6) is 11.5 Å². The van der Waals surface area contributed by atoms with Gasteiger partial charge in [-0.25, -0.2) is 0 Å². The molecule has 0 aromatic heterocycles. The van der Waals surface area contributed by atoms with Crippen molar-refractivity contribution in [1.29, 1.82) is 0 Å². The van der Waals surface area contributed by atoms with E-state index in [0.29, 0.717) is 17.1 Å². The minimum Gasteiger partial charge on any atom is -0.457 e. The van der Waals surface area contributed by atoms with E-state index >= 15 is 0 Å². The summed E-state index contributed by atoms with van der Waals surface area (Å²) in [6, 6.07) is 13.8. The van der Waals surface area contributed by atoms with E-state index in [1.165, 1.54) is 6.07 Å². The van der Waals surface area contributed by atoms with Gasteiger partial charge < -0.3 is 10.5 Å².